The zero-order valence-electron chi connectivity index (χ0n) is 13.9. The van der Waals surface area contributed by atoms with Crippen LogP contribution in [0.1, 0.15) is 33.9 Å². The highest BCUT2D eigenvalue weighted by Crippen LogP contribution is 2.14. The monoisotopic (exact) mass is 364 g/mol. The lowest BCUT2D eigenvalue weighted by atomic mass is 10.2. The third kappa shape index (κ3) is 6.52. The van der Waals surface area contributed by atoms with Gasteiger partial charge in [0.05, 0.1) is 13.2 Å². The Hall–Kier alpha value is -2.45. The molecule has 0 aliphatic carbocycles. The number of aliphatic carboxylic acids is 1. The molecule has 0 unspecified atom stereocenters. The lowest BCUT2D eigenvalue weighted by Crippen LogP contribution is -2.23. The largest absolute Gasteiger partial charge is 0.494 e. The summed E-state index contributed by atoms with van der Waals surface area (Å²) in [5.74, 6) is -0.388. The highest BCUT2D eigenvalue weighted by Gasteiger charge is 2.10. The average Bonchev–Trinajstić information content (AvgIpc) is 3.06. The number of carboxylic acids is 1. The first kappa shape index (κ1) is 18.9. The van der Waals surface area contributed by atoms with Gasteiger partial charge in [-0.1, -0.05) is 12.1 Å². The topological polar surface area (TPSA) is 97.8 Å². The second-order valence-electron chi connectivity index (χ2n) is 5.23. The quantitative estimate of drug-likeness (QED) is 0.629. The number of methoxy groups -OCH3 is 1. The molecular formula is C17H20N2O5S. The number of nitrogens with one attached hydrogen (secondary N) is 1. The van der Waals surface area contributed by atoms with E-state index in [-0.39, 0.29) is 12.3 Å². The third-order valence-corrected chi connectivity index (χ3v) is 4.05. The number of aromatic nitrogens is 1. The minimum Gasteiger partial charge on any atom is -0.494 e. The van der Waals surface area contributed by atoms with Crippen LogP contribution in [0.4, 0.5) is 0 Å². The minimum atomic E-state index is -0.829. The molecule has 0 saturated carbocycles. The van der Waals surface area contributed by atoms with Crippen molar-refractivity contribution in [2.75, 3.05) is 13.7 Å². The van der Waals surface area contributed by atoms with Gasteiger partial charge in [-0.2, -0.15) is 0 Å². The van der Waals surface area contributed by atoms with Crippen LogP contribution < -0.4 is 10.1 Å². The number of ether oxygens (including phenoxy) is 2. The molecule has 0 spiro atoms. The summed E-state index contributed by atoms with van der Waals surface area (Å²) < 4.78 is 10.4. The van der Waals surface area contributed by atoms with Gasteiger partial charge in [-0.05, 0) is 24.1 Å². The number of hydrogen-bond acceptors (Lipinski definition) is 6. The Balaban J connectivity index is 1.76. The third-order valence-electron chi connectivity index (χ3n) is 3.23. The molecule has 0 saturated heterocycles. The average molecular weight is 364 g/mol. The summed E-state index contributed by atoms with van der Waals surface area (Å²) in [7, 11) is 1.58. The molecule has 0 bridgehead atoms. The summed E-state index contributed by atoms with van der Waals surface area (Å²) in [6, 6.07) is 7.29. The van der Waals surface area contributed by atoms with Crippen LogP contribution in [-0.4, -0.2) is 35.7 Å². The van der Waals surface area contributed by atoms with Crippen LogP contribution in [0.2, 0.25) is 0 Å². The van der Waals surface area contributed by atoms with Gasteiger partial charge >= 0.3 is 5.97 Å². The first-order chi connectivity index (χ1) is 12.1. The van der Waals surface area contributed by atoms with E-state index in [1.807, 2.05) is 12.1 Å². The lowest BCUT2D eigenvalue weighted by molar-refractivity contribution is -0.137. The Morgan fingerprint density at radius 3 is 2.72 bits per heavy atom. The molecule has 0 fully saturated rings. The second kappa shape index (κ2) is 9.75. The molecule has 2 N–H and O–H groups in total. The summed E-state index contributed by atoms with van der Waals surface area (Å²) in [5, 5.41) is 13.8. The molecule has 2 aromatic rings. The Bertz CT molecular complexity index is 699. The Morgan fingerprint density at radius 2 is 2.04 bits per heavy atom. The maximum atomic E-state index is 12.1. The van der Waals surface area contributed by atoms with Gasteiger partial charge < -0.3 is 19.9 Å². The number of rotatable bonds is 10. The fourth-order valence-corrected chi connectivity index (χ4v) is 2.74. The highest BCUT2D eigenvalue weighted by molar-refractivity contribution is 7.09. The van der Waals surface area contributed by atoms with Gasteiger partial charge in [0.2, 0.25) is 0 Å². The van der Waals surface area contributed by atoms with Crippen molar-refractivity contribution in [2.24, 2.45) is 0 Å². The number of benzene rings is 1. The van der Waals surface area contributed by atoms with E-state index >= 15 is 0 Å². The summed E-state index contributed by atoms with van der Waals surface area (Å²) in [6.07, 6.45) is 0.554. The second-order valence-corrected chi connectivity index (χ2v) is 6.17. The van der Waals surface area contributed by atoms with E-state index in [0.717, 1.165) is 10.6 Å². The molecule has 0 radical (unpaired) electrons. The van der Waals surface area contributed by atoms with Crippen LogP contribution in [0, 0.1) is 0 Å². The van der Waals surface area contributed by atoms with Crippen molar-refractivity contribution in [3.63, 3.8) is 0 Å². The fourth-order valence-electron chi connectivity index (χ4n) is 1.99. The van der Waals surface area contributed by atoms with E-state index < -0.39 is 5.97 Å². The Morgan fingerprint density at radius 1 is 1.28 bits per heavy atom. The fraction of sp³-hybridized carbons (Fsp3) is 0.353. The molecule has 0 aliphatic rings. The van der Waals surface area contributed by atoms with E-state index in [1.54, 1.807) is 24.6 Å². The Labute approximate surface area is 149 Å². The highest BCUT2D eigenvalue weighted by atomic mass is 32.1. The molecule has 25 heavy (non-hydrogen) atoms. The first-order valence-corrected chi connectivity index (χ1v) is 8.61. The molecule has 8 heteroatoms. The maximum absolute atomic E-state index is 12.1. The molecule has 1 heterocycles. The van der Waals surface area contributed by atoms with E-state index in [2.05, 4.69) is 10.3 Å². The van der Waals surface area contributed by atoms with Crippen molar-refractivity contribution in [3.8, 4) is 5.75 Å². The smallest absolute Gasteiger partial charge is 0.303 e. The van der Waals surface area contributed by atoms with Crippen LogP contribution in [0.15, 0.2) is 29.6 Å². The van der Waals surface area contributed by atoms with Crippen LogP contribution in [-0.2, 0) is 22.7 Å². The number of carboxylic acid groups (broad SMARTS) is 1. The predicted octanol–water partition coefficient (Wildman–Crippen LogP) is 2.46. The van der Waals surface area contributed by atoms with Gasteiger partial charge in [0.1, 0.15) is 16.5 Å². The van der Waals surface area contributed by atoms with Gasteiger partial charge in [-0.25, -0.2) is 4.98 Å². The zero-order chi connectivity index (χ0) is 18.1. The SMILES string of the molecule is COCc1nc(C(=O)NCc2ccc(OCCCC(=O)O)cc2)cs1. The molecule has 134 valence electrons. The predicted molar refractivity (Wildman–Crippen MR) is 92.8 cm³/mol. The number of carbonyl (C=O) groups excluding carboxylic acids is 1. The minimum absolute atomic E-state index is 0.0901. The van der Waals surface area contributed by atoms with Crippen LogP contribution >= 0.6 is 11.3 Å². The van der Waals surface area contributed by atoms with Crippen molar-refractivity contribution in [1.82, 2.24) is 10.3 Å². The van der Waals surface area contributed by atoms with Gasteiger partial charge in [0, 0.05) is 25.5 Å². The molecule has 1 aromatic heterocycles. The van der Waals surface area contributed by atoms with Gasteiger partial charge in [0.25, 0.3) is 5.91 Å². The number of nitrogens with zero attached hydrogens (tertiary/aromatic N) is 1. The molecule has 1 amide bonds. The summed E-state index contributed by atoms with van der Waals surface area (Å²) in [4.78, 5) is 26.7. The van der Waals surface area contributed by atoms with E-state index in [9.17, 15) is 9.59 Å². The lowest BCUT2D eigenvalue weighted by Gasteiger charge is -2.07. The number of thiazole rings is 1. The van der Waals surface area contributed by atoms with Crippen LogP contribution in [0.25, 0.3) is 0 Å². The van der Waals surface area contributed by atoms with E-state index in [4.69, 9.17) is 14.6 Å². The van der Waals surface area contributed by atoms with Gasteiger partial charge in [0.15, 0.2) is 0 Å². The van der Waals surface area contributed by atoms with Crippen molar-refractivity contribution in [1.29, 1.82) is 0 Å². The number of hydrogen-bond donors (Lipinski definition) is 2. The summed E-state index contributed by atoms with van der Waals surface area (Å²) in [6.45, 7) is 1.14. The molecule has 1 aromatic carbocycles. The zero-order valence-corrected chi connectivity index (χ0v) is 14.7. The van der Waals surface area contributed by atoms with Gasteiger partial charge in [-0.15, -0.1) is 11.3 Å². The summed E-state index contributed by atoms with van der Waals surface area (Å²) >= 11 is 1.39. The van der Waals surface area contributed by atoms with E-state index in [0.29, 0.717) is 37.6 Å². The molecular weight excluding hydrogens is 344 g/mol. The maximum Gasteiger partial charge on any atom is 0.303 e. The molecule has 7 nitrogen and oxygen atoms in total. The van der Waals surface area contributed by atoms with Crippen LogP contribution in [0.5, 0.6) is 5.75 Å². The molecule has 0 aliphatic heterocycles. The first-order valence-electron chi connectivity index (χ1n) is 7.73. The Kier molecular flexibility index (Phi) is 7.36. The molecule has 0 atom stereocenters. The normalized spacial score (nSPS) is 10.4. The van der Waals surface area contributed by atoms with Crippen molar-refractivity contribution < 1.29 is 24.2 Å². The van der Waals surface area contributed by atoms with Crippen molar-refractivity contribution in [2.45, 2.75) is 26.0 Å². The van der Waals surface area contributed by atoms with Crippen LogP contribution in [0.3, 0.4) is 0 Å². The summed E-state index contributed by atoms with van der Waals surface area (Å²) in [5.41, 5.74) is 1.31. The van der Waals surface area contributed by atoms with Gasteiger partial charge in [-0.3, -0.25) is 9.59 Å². The number of carbonyl (C=O) groups is 2. The number of amides is 1. The van der Waals surface area contributed by atoms with Crippen molar-refractivity contribution in [3.05, 3.63) is 45.9 Å². The van der Waals surface area contributed by atoms with Crippen molar-refractivity contribution >= 4 is 23.2 Å². The van der Waals surface area contributed by atoms with E-state index in [1.165, 1.54) is 11.3 Å². The standard InChI is InChI=1S/C17H20N2O5S/c1-23-10-15-19-14(11-25-15)17(22)18-9-12-4-6-13(7-5-12)24-8-2-3-16(20)21/h4-7,11H,2-3,8-10H2,1H3,(H,18,22)(H,20,21). The molecule has 2 rings (SSSR count).